The van der Waals surface area contributed by atoms with E-state index >= 15 is 0 Å². The van der Waals surface area contributed by atoms with Gasteiger partial charge in [0.25, 0.3) is 0 Å². The number of hydrogen-bond acceptors (Lipinski definition) is 5. The quantitative estimate of drug-likeness (QED) is 0.457. The molecule has 8 heteroatoms. The standard InChI is InChI=1S/C27H36N4O4/c1-4-12-31-22(18-29-13-7-14-30(16-15-29)25(32)20-10-11-20)23(26(33)35-5-2)24(28-27(31)34)21-9-6-8-19(3)17-21/h4,6,8-9,17,20,24H,1,5,7,10-16,18H2,2-3H3,(H,28,34). The van der Waals surface area contributed by atoms with E-state index in [-0.39, 0.29) is 31.0 Å². The van der Waals surface area contributed by atoms with Gasteiger partial charge in [0.05, 0.1) is 18.2 Å². The lowest BCUT2D eigenvalue weighted by molar-refractivity contribution is -0.139. The monoisotopic (exact) mass is 480 g/mol. The highest BCUT2D eigenvalue weighted by atomic mass is 16.5. The van der Waals surface area contributed by atoms with E-state index in [0.717, 1.165) is 43.5 Å². The van der Waals surface area contributed by atoms with Gasteiger partial charge in [0.15, 0.2) is 0 Å². The molecule has 188 valence electrons. The first-order valence-electron chi connectivity index (χ1n) is 12.6. The van der Waals surface area contributed by atoms with Crippen molar-refractivity contribution in [2.75, 3.05) is 45.9 Å². The molecule has 8 nitrogen and oxygen atoms in total. The number of amides is 3. The lowest BCUT2D eigenvalue weighted by Crippen LogP contribution is -2.51. The molecule has 1 aromatic rings. The Balaban J connectivity index is 1.67. The van der Waals surface area contributed by atoms with Crippen LogP contribution in [-0.4, -0.2) is 78.5 Å². The smallest absolute Gasteiger partial charge is 0.338 e. The van der Waals surface area contributed by atoms with Gasteiger partial charge in [-0.25, -0.2) is 9.59 Å². The van der Waals surface area contributed by atoms with Crippen LogP contribution in [0.4, 0.5) is 4.79 Å². The van der Waals surface area contributed by atoms with Gasteiger partial charge in [0.2, 0.25) is 5.91 Å². The predicted molar refractivity (Wildman–Crippen MR) is 133 cm³/mol. The maximum absolute atomic E-state index is 13.3. The molecule has 0 radical (unpaired) electrons. The Morgan fingerprint density at radius 2 is 2.00 bits per heavy atom. The minimum Gasteiger partial charge on any atom is -0.463 e. The number of rotatable bonds is 8. The molecule has 2 fully saturated rings. The molecule has 2 aliphatic heterocycles. The second kappa shape index (κ2) is 11.1. The number of esters is 1. The summed E-state index contributed by atoms with van der Waals surface area (Å²) in [7, 11) is 0. The number of aryl methyl sites for hydroxylation is 1. The number of hydrogen-bond donors (Lipinski definition) is 1. The van der Waals surface area contributed by atoms with Crippen LogP contribution in [0.5, 0.6) is 0 Å². The fraction of sp³-hybridized carbons (Fsp3) is 0.519. The van der Waals surface area contributed by atoms with Gasteiger partial charge in [0, 0.05) is 50.9 Å². The van der Waals surface area contributed by atoms with Crippen molar-refractivity contribution in [2.24, 2.45) is 5.92 Å². The predicted octanol–water partition coefficient (Wildman–Crippen LogP) is 3.01. The molecule has 4 rings (SSSR count). The Hall–Kier alpha value is -3.13. The molecule has 1 saturated carbocycles. The minimum atomic E-state index is -0.600. The average Bonchev–Trinajstić information content (AvgIpc) is 3.69. The molecule has 3 aliphatic rings. The first-order valence-corrected chi connectivity index (χ1v) is 12.6. The summed E-state index contributed by atoms with van der Waals surface area (Å²) < 4.78 is 5.48. The summed E-state index contributed by atoms with van der Waals surface area (Å²) in [5.41, 5.74) is 2.98. The SMILES string of the molecule is C=CCN1C(=O)NC(c2cccc(C)c2)C(C(=O)OCC)=C1CN1CCCN(C(=O)C2CC2)CC1. The van der Waals surface area contributed by atoms with Crippen LogP contribution < -0.4 is 5.32 Å². The van der Waals surface area contributed by atoms with Crippen molar-refractivity contribution in [3.05, 3.63) is 59.3 Å². The highest BCUT2D eigenvalue weighted by molar-refractivity contribution is 5.95. The van der Waals surface area contributed by atoms with Crippen LogP contribution in [0, 0.1) is 12.8 Å². The Bertz CT molecular complexity index is 1020. The average molecular weight is 481 g/mol. The van der Waals surface area contributed by atoms with E-state index in [1.807, 2.05) is 36.1 Å². The minimum absolute atomic E-state index is 0.208. The summed E-state index contributed by atoms with van der Waals surface area (Å²) in [5.74, 6) is 0.0476. The normalized spacial score (nSPS) is 21.4. The zero-order valence-electron chi connectivity index (χ0n) is 20.8. The van der Waals surface area contributed by atoms with E-state index in [4.69, 9.17) is 4.74 Å². The van der Waals surface area contributed by atoms with Crippen LogP contribution >= 0.6 is 0 Å². The van der Waals surface area contributed by atoms with E-state index in [2.05, 4.69) is 16.8 Å². The number of urea groups is 1. The van der Waals surface area contributed by atoms with Crippen molar-refractivity contribution in [3.63, 3.8) is 0 Å². The van der Waals surface area contributed by atoms with Gasteiger partial charge in [-0.15, -0.1) is 6.58 Å². The third kappa shape index (κ3) is 5.75. The Labute approximate surface area is 207 Å². The van der Waals surface area contributed by atoms with Gasteiger partial charge in [-0.05, 0) is 38.7 Å². The molecular weight excluding hydrogens is 444 g/mol. The van der Waals surface area contributed by atoms with E-state index in [9.17, 15) is 14.4 Å². The summed E-state index contributed by atoms with van der Waals surface area (Å²) in [4.78, 5) is 44.9. The van der Waals surface area contributed by atoms with Gasteiger partial charge in [0.1, 0.15) is 0 Å². The molecule has 1 N–H and O–H groups in total. The molecule has 35 heavy (non-hydrogen) atoms. The number of benzene rings is 1. The van der Waals surface area contributed by atoms with Gasteiger partial charge in [-0.1, -0.05) is 35.9 Å². The zero-order valence-corrected chi connectivity index (χ0v) is 20.8. The largest absolute Gasteiger partial charge is 0.463 e. The van der Waals surface area contributed by atoms with E-state index in [0.29, 0.717) is 30.9 Å². The van der Waals surface area contributed by atoms with Crippen molar-refractivity contribution in [3.8, 4) is 0 Å². The Morgan fingerprint density at radius 1 is 1.20 bits per heavy atom. The van der Waals surface area contributed by atoms with E-state index < -0.39 is 12.0 Å². The van der Waals surface area contributed by atoms with Crippen LogP contribution in [0.2, 0.25) is 0 Å². The molecule has 0 spiro atoms. The highest BCUT2D eigenvalue weighted by Crippen LogP contribution is 2.33. The lowest BCUT2D eigenvalue weighted by atomic mass is 9.93. The molecule has 1 atom stereocenters. The molecule has 2 heterocycles. The molecule has 0 bridgehead atoms. The van der Waals surface area contributed by atoms with E-state index in [1.165, 1.54) is 0 Å². The van der Waals surface area contributed by atoms with Crippen LogP contribution in [0.25, 0.3) is 0 Å². The number of ether oxygens (including phenoxy) is 1. The van der Waals surface area contributed by atoms with Gasteiger partial charge < -0.3 is 15.0 Å². The molecule has 1 aliphatic carbocycles. The molecule has 3 amide bonds. The zero-order chi connectivity index (χ0) is 24.9. The number of nitrogens with zero attached hydrogens (tertiary/aromatic N) is 3. The third-order valence-corrected chi connectivity index (χ3v) is 6.82. The van der Waals surface area contributed by atoms with Crippen LogP contribution in [-0.2, 0) is 14.3 Å². The van der Waals surface area contributed by atoms with Crippen LogP contribution in [0.1, 0.15) is 43.4 Å². The van der Waals surface area contributed by atoms with Gasteiger partial charge in [-0.3, -0.25) is 14.6 Å². The van der Waals surface area contributed by atoms with Crippen molar-refractivity contribution in [1.82, 2.24) is 20.0 Å². The summed E-state index contributed by atoms with van der Waals surface area (Å²) in [6.07, 6.45) is 4.52. The topological polar surface area (TPSA) is 82.2 Å². The number of carbonyl (C=O) groups excluding carboxylic acids is 3. The first-order chi connectivity index (χ1) is 16.9. The second-order valence-electron chi connectivity index (χ2n) is 9.51. The maximum Gasteiger partial charge on any atom is 0.338 e. The van der Waals surface area contributed by atoms with Crippen molar-refractivity contribution < 1.29 is 19.1 Å². The molecule has 1 aromatic carbocycles. The third-order valence-electron chi connectivity index (χ3n) is 6.82. The van der Waals surface area contributed by atoms with Gasteiger partial charge >= 0.3 is 12.0 Å². The van der Waals surface area contributed by atoms with Gasteiger partial charge in [-0.2, -0.15) is 0 Å². The summed E-state index contributed by atoms with van der Waals surface area (Å²) in [5, 5.41) is 3.01. The fourth-order valence-corrected chi connectivity index (χ4v) is 4.89. The molecule has 0 aromatic heterocycles. The lowest BCUT2D eigenvalue weighted by Gasteiger charge is -2.38. The summed E-state index contributed by atoms with van der Waals surface area (Å²) >= 11 is 0. The molecule has 1 saturated heterocycles. The summed E-state index contributed by atoms with van der Waals surface area (Å²) in [6.45, 7) is 11.4. The van der Waals surface area contributed by atoms with Crippen molar-refractivity contribution in [2.45, 2.75) is 39.2 Å². The van der Waals surface area contributed by atoms with Crippen molar-refractivity contribution >= 4 is 17.9 Å². The Morgan fingerprint density at radius 3 is 2.69 bits per heavy atom. The van der Waals surface area contributed by atoms with E-state index in [1.54, 1.807) is 17.9 Å². The number of nitrogens with one attached hydrogen (secondary N) is 1. The van der Waals surface area contributed by atoms with Crippen molar-refractivity contribution in [1.29, 1.82) is 0 Å². The number of carbonyl (C=O) groups is 3. The molecule has 1 unspecified atom stereocenters. The second-order valence-corrected chi connectivity index (χ2v) is 9.51. The molecular formula is C27H36N4O4. The Kier molecular flexibility index (Phi) is 7.90. The highest BCUT2D eigenvalue weighted by Gasteiger charge is 2.39. The van der Waals surface area contributed by atoms with Crippen LogP contribution in [0.15, 0.2) is 48.2 Å². The fourth-order valence-electron chi connectivity index (χ4n) is 4.89. The first kappa shape index (κ1) is 25.0. The maximum atomic E-state index is 13.3. The van der Waals surface area contributed by atoms with Crippen LogP contribution in [0.3, 0.4) is 0 Å². The summed E-state index contributed by atoms with van der Waals surface area (Å²) in [6, 6.07) is 6.95.